The van der Waals surface area contributed by atoms with Crippen molar-refractivity contribution < 1.29 is 9.59 Å². The second-order valence-corrected chi connectivity index (χ2v) is 5.97. The molecule has 0 bridgehead atoms. The smallest absolute Gasteiger partial charge is 0.274 e. The Morgan fingerprint density at radius 3 is 2.12 bits per heavy atom. The average molecular weight is 339 g/mol. The van der Waals surface area contributed by atoms with Crippen LogP contribution in [0.2, 0.25) is 0 Å². The standard InChI is InChI=1S/C18H21N5O2/c1-14(24)22-10-12-23(13-11-22)18(25)16-8-9-17(20-19-16)21(2)15-6-4-3-5-7-15/h3-9H,10-13H2,1-2H3. The quantitative estimate of drug-likeness (QED) is 0.848. The van der Waals surface area contributed by atoms with Gasteiger partial charge < -0.3 is 14.7 Å². The van der Waals surface area contributed by atoms with Gasteiger partial charge >= 0.3 is 0 Å². The summed E-state index contributed by atoms with van der Waals surface area (Å²) in [6.07, 6.45) is 0. The van der Waals surface area contributed by atoms with E-state index >= 15 is 0 Å². The Bertz CT molecular complexity index is 740. The highest BCUT2D eigenvalue weighted by molar-refractivity contribution is 5.92. The van der Waals surface area contributed by atoms with Crippen LogP contribution in [-0.4, -0.2) is 65.0 Å². The van der Waals surface area contributed by atoms with Crippen molar-refractivity contribution in [2.24, 2.45) is 0 Å². The lowest BCUT2D eigenvalue weighted by molar-refractivity contribution is -0.130. The molecule has 1 aromatic heterocycles. The highest BCUT2D eigenvalue weighted by atomic mass is 16.2. The molecule has 1 aliphatic rings. The van der Waals surface area contributed by atoms with Crippen LogP contribution in [0.25, 0.3) is 0 Å². The van der Waals surface area contributed by atoms with E-state index in [9.17, 15) is 9.59 Å². The van der Waals surface area contributed by atoms with Crippen LogP contribution in [0.5, 0.6) is 0 Å². The Kier molecular flexibility index (Phi) is 4.92. The van der Waals surface area contributed by atoms with Gasteiger partial charge in [0.25, 0.3) is 5.91 Å². The van der Waals surface area contributed by atoms with Gasteiger partial charge in [0.2, 0.25) is 5.91 Å². The van der Waals surface area contributed by atoms with Gasteiger partial charge in [-0.3, -0.25) is 9.59 Å². The van der Waals surface area contributed by atoms with Crippen molar-refractivity contribution in [1.82, 2.24) is 20.0 Å². The lowest BCUT2D eigenvalue weighted by Gasteiger charge is -2.33. The number of carbonyl (C=O) groups excluding carboxylic acids is 2. The number of benzene rings is 1. The highest BCUT2D eigenvalue weighted by Gasteiger charge is 2.24. The zero-order valence-corrected chi connectivity index (χ0v) is 14.4. The summed E-state index contributed by atoms with van der Waals surface area (Å²) in [6.45, 7) is 3.70. The Morgan fingerprint density at radius 2 is 1.56 bits per heavy atom. The Hall–Kier alpha value is -2.96. The SMILES string of the molecule is CC(=O)N1CCN(C(=O)c2ccc(N(C)c3ccccc3)nn2)CC1. The summed E-state index contributed by atoms with van der Waals surface area (Å²) in [6, 6.07) is 13.3. The maximum Gasteiger partial charge on any atom is 0.274 e. The minimum Gasteiger partial charge on any atom is -0.339 e. The molecule has 1 aliphatic heterocycles. The fourth-order valence-electron chi connectivity index (χ4n) is 2.79. The van der Waals surface area contributed by atoms with Gasteiger partial charge in [-0.05, 0) is 24.3 Å². The van der Waals surface area contributed by atoms with Crippen LogP contribution in [0.3, 0.4) is 0 Å². The number of piperazine rings is 1. The van der Waals surface area contributed by atoms with Gasteiger partial charge in [0.1, 0.15) is 0 Å². The molecule has 1 aromatic carbocycles. The van der Waals surface area contributed by atoms with Crippen molar-refractivity contribution in [2.45, 2.75) is 6.92 Å². The fraction of sp³-hybridized carbons (Fsp3) is 0.333. The number of nitrogens with zero attached hydrogens (tertiary/aromatic N) is 5. The molecule has 0 unspecified atom stereocenters. The van der Waals surface area contributed by atoms with Crippen molar-refractivity contribution in [3.63, 3.8) is 0 Å². The van der Waals surface area contributed by atoms with Crippen molar-refractivity contribution in [1.29, 1.82) is 0 Å². The molecule has 1 fully saturated rings. The van der Waals surface area contributed by atoms with E-state index in [2.05, 4.69) is 10.2 Å². The molecule has 0 N–H and O–H groups in total. The van der Waals surface area contributed by atoms with E-state index < -0.39 is 0 Å². The number of hydrogen-bond donors (Lipinski definition) is 0. The number of aromatic nitrogens is 2. The number of hydrogen-bond acceptors (Lipinski definition) is 5. The summed E-state index contributed by atoms with van der Waals surface area (Å²) in [5, 5.41) is 8.27. The predicted octanol–water partition coefficient (Wildman–Crippen LogP) is 1.55. The molecule has 2 heterocycles. The van der Waals surface area contributed by atoms with E-state index in [1.54, 1.807) is 28.9 Å². The van der Waals surface area contributed by atoms with Gasteiger partial charge in [-0.1, -0.05) is 18.2 Å². The first kappa shape index (κ1) is 16.9. The van der Waals surface area contributed by atoms with Crippen LogP contribution in [0.1, 0.15) is 17.4 Å². The highest BCUT2D eigenvalue weighted by Crippen LogP contribution is 2.20. The third-order valence-electron chi connectivity index (χ3n) is 4.37. The molecule has 7 heteroatoms. The molecule has 0 aliphatic carbocycles. The molecule has 0 radical (unpaired) electrons. The number of amides is 2. The number of para-hydroxylation sites is 1. The van der Waals surface area contributed by atoms with Crippen molar-refractivity contribution in [3.05, 3.63) is 48.2 Å². The van der Waals surface area contributed by atoms with E-state index in [-0.39, 0.29) is 11.8 Å². The largest absolute Gasteiger partial charge is 0.339 e. The number of anilines is 2. The maximum absolute atomic E-state index is 12.5. The predicted molar refractivity (Wildman–Crippen MR) is 94.7 cm³/mol. The van der Waals surface area contributed by atoms with Gasteiger partial charge in [0.05, 0.1) is 0 Å². The second-order valence-electron chi connectivity index (χ2n) is 5.97. The van der Waals surface area contributed by atoms with Gasteiger partial charge in [-0.25, -0.2) is 0 Å². The summed E-state index contributed by atoms with van der Waals surface area (Å²) in [5.41, 5.74) is 1.32. The van der Waals surface area contributed by atoms with E-state index in [1.165, 1.54) is 0 Å². The lowest BCUT2D eigenvalue weighted by atomic mass is 10.2. The summed E-state index contributed by atoms with van der Waals surface area (Å²) in [7, 11) is 1.90. The molecule has 0 saturated carbocycles. The summed E-state index contributed by atoms with van der Waals surface area (Å²) in [5.74, 6) is 0.564. The number of carbonyl (C=O) groups is 2. The van der Waals surface area contributed by atoms with Crippen LogP contribution in [0, 0.1) is 0 Å². The Balaban J connectivity index is 1.66. The summed E-state index contributed by atoms with van der Waals surface area (Å²) < 4.78 is 0. The first-order valence-electron chi connectivity index (χ1n) is 8.23. The zero-order chi connectivity index (χ0) is 17.8. The second kappa shape index (κ2) is 7.29. The van der Waals surface area contributed by atoms with Crippen molar-refractivity contribution >= 4 is 23.3 Å². The maximum atomic E-state index is 12.5. The van der Waals surface area contributed by atoms with Crippen LogP contribution in [-0.2, 0) is 4.79 Å². The van der Waals surface area contributed by atoms with Gasteiger partial charge in [-0.2, -0.15) is 0 Å². The molecular weight excluding hydrogens is 318 g/mol. The molecule has 25 heavy (non-hydrogen) atoms. The molecule has 7 nitrogen and oxygen atoms in total. The van der Waals surface area contributed by atoms with E-state index in [4.69, 9.17) is 0 Å². The van der Waals surface area contributed by atoms with Gasteiger partial charge in [-0.15, -0.1) is 10.2 Å². The first-order chi connectivity index (χ1) is 12.1. The molecule has 3 rings (SSSR count). The molecule has 2 aromatic rings. The Labute approximate surface area is 146 Å². The summed E-state index contributed by atoms with van der Waals surface area (Å²) >= 11 is 0. The topological polar surface area (TPSA) is 69.6 Å². The molecule has 2 amide bonds. The Morgan fingerprint density at radius 1 is 0.920 bits per heavy atom. The van der Waals surface area contributed by atoms with Crippen LogP contribution in [0.4, 0.5) is 11.5 Å². The van der Waals surface area contributed by atoms with Gasteiger partial charge in [0.15, 0.2) is 11.5 Å². The minimum absolute atomic E-state index is 0.0418. The number of rotatable bonds is 3. The third kappa shape index (κ3) is 3.76. The van der Waals surface area contributed by atoms with Crippen molar-refractivity contribution in [2.75, 3.05) is 38.1 Å². The summed E-state index contributed by atoms with van der Waals surface area (Å²) in [4.78, 5) is 29.3. The van der Waals surface area contributed by atoms with E-state index in [0.29, 0.717) is 37.7 Å². The van der Waals surface area contributed by atoms with Crippen LogP contribution < -0.4 is 4.90 Å². The molecule has 130 valence electrons. The van der Waals surface area contributed by atoms with Gasteiger partial charge in [0, 0.05) is 45.8 Å². The first-order valence-corrected chi connectivity index (χ1v) is 8.23. The molecule has 0 spiro atoms. The van der Waals surface area contributed by atoms with Crippen LogP contribution in [0.15, 0.2) is 42.5 Å². The van der Waals surface area contributed by atoms with E-state index in [1.807, 2.05) is 42.3 Å². The average Bonchev–Trinajstić information content (AvgIpc) is 2.67. The zero-order valence-electron chi connectivity index (χ0n) is 14.4. The molecule has 0 atom stereocenters. The fourth-order valence-corrected chi connectivity index (χ4v) is 2.79. The molecule has 1 saturated heterocycles. The lowest BCUT2D eigenvalue weighted by Crippen LogP contribution is -2.50. The van der Waals surface area contributed by atoms with Crippen molar-refractivity contribution in [3.8, 4) is 0 Å². The van der Waals surface area contributed by atoms with E-state index in [0.717, 1.165) is 5.69 Å². The monoisotopic (exact) mass is 339 g/mol. The third-order valence-corrected chi connectivity index (χ3v) is 4.37. The van der Waals surface area contributed by atoms with Crippen LogP contribution >= 0.6 is 0 Å². The molecular formula is C18H21N5O2. The normalized spacial score (nSPS) is 14.3. The minimum atomic E-state index is -0.149.